The SMILES string of the molecule is COC1CC(CC(=O)O)N(C(=O)CC(C)NC(=O)C2CCCC2)C1. The van der Waals surface area contributed by atoms with Gasteiger partial charge < -0.3 is 20.1 Å². The fourth-order valence-corrected chi connectivity index (χ4v) is 3.72. The number of nitrogens with zero attached hydrogens (tertiary/aromatic N) is 1. The Hall–Kier alpha value is -1.63. The minimum Gasteiger partial charge on any atom is -0.481 e. The van der Waals surface area contributed by atoms with Crippen molar-refractivity contribution >= 4 is 17.8 Å². The molecular weight excluding hydrogens is 312 g/mol. The number of carboxylic acid groups (broad SMARTS) is 1. The first-order valence-corrected chi connectivity index (χ1v) is 8.75. The van der Waals surface area contributed by atoms with Gasteiger partial charge in [-0.05, 0) is 26.2 Å². The summed E-state index contributed by atoms with van der Waals surface area (Å²) >= 11 is 0. The van der Waals surface area contributed by atoms with Crippen molar-refractivity contribution in [1.82, 2.24) is 10.2 Å². The Morgan fingerprint density at radius 1 is 1.29 bits per heavy atom. The standard InChI is InChI=1S/C17H28N2O5/c1-11(18-17(23)12-5-3-4-6-12)7-15(20)19-10-14(24-2)8-13(19)9-16(21)22/h11-14H,3-10H2,1-2H3,(H,18,23)(H,21,22). The molecule has 2 aliphatic rings. The van der Waals surface area contributed by atoms with Crippen molar-refractivity contribution in [2.45, 2.75) is 70.1 Å². The van der Waals surface area contributed by atoms with Crippen LogP contribution in [0.4, 0.5) is 0 Å². The van der Waals surface area contributed by atoms with Crippen molar-refractivity contribution in [2.24, 2.45) is 5.92 Å². The van der Waals surface area contributed by atoms with Crippen molar-refractivity contribution in [2.75, 3.05) is 13.7 Å². The van der Waals surface area contributed by atoms with Crippen LogP contribution in [0.2, 0.25) is 0 Å². The lowest BCUT2D eigenvalue weighted by molar-refractivity contribution is -0.140. The van der Waals surface area contributed by atoms with E-state index in [4.69, 9.17) is 9.84 Å². The molecule has 0 spiro atoms. The molecule has 0 radical (unpaired) electrons. The van der Waals surface area contributed by atoms with Crippen molar-refractivity contribution in [1.29, 1.82) is 0 Å². The summed E-state index contributed by atoms with van der Waals surface area (Å²) in [4.78, 5) is 37.3. The van der Waals surface area contributed by atoms with Crippen LogP contribution in [0.3, 0.4) is 0 Å². The number of carboxylic acids is 1. The van der Waals surface area contributed by atoms with E-state index in [0.717, 1.165) is 25.7 Å². The Morgan fingerprint density at radius 3 is 2.54 bits per heavy atom. The van der Waals surface area contributed by atoms with Gasteiger partial charge >= 0.3 is 5.97 Å². The highest BCUT2D eigenvalue weighted by Crippen LogP contribution is 2.26. The minimum absolute atomic E-state index is 0.0334. The van der Waals surface area contributed by atoms with Gasteiger partial charge in [-0.15, -0.1) is 0 Å². The summed E-state index contributed by atoms with van der Waals surface area (Å²) in [6.07, 6.45) is 4.56. The zero-order chi connectivity index (χ0) is 17.7. The predicted octanol–water partition coefficient (Wildman–Crippen LogP) is 1.16. The lowest BCUT2D eigenvalue weighted by Crippen LogP contribution is -2.43. The number of ether oxygens (including phenoxy) is 1. The number of nitrogens with one attached hydrogen (secondary N) is 1. The number of hydrogen-bond acceptors (Lipinski definition) is 4. The number of methoxy groups -OCH3 is 1. The molecule has 2 rings (SSSR count). The first kappa shape index (κ1) is 18.7. The lowest BCUT2D eigenvalue weighted by atomic mass is 10.1. The number of aliphatic carboxylic acids is 1. The zero-order valence-electron chi connectivity index (χ0n) is 14.5. The van der Waals surface area contributed by atoms with Crippen LogP contribution in [-0.4, -0.2) is 59.6 Å². The van der Waals surface area contributed by atoms with E-state index in [1.807, 2.05) is 6.92 Å². The van der Waals surface area contributed by atoms with Crippen LogP contribution in [0.15, 0.2) is 0 Å². The molecule has 0 aromatic rings. The first-order valence-electron chi connectivity index (χ1n) is 8.75. The molecule has 1 heterocycles. The molecule has 24 heavy (non-hydrogen) atoms. The monoisotopic (exact) mass is 340 g/mol. The topological polar surface area (TPSA) is 95.9 Å². The van der Waals surface area contributed by atoms with Crippen LogP contribution in [-0.2, 0) is 19.1 Å². The zero-order valence-corrected chi connectivity index (χ0v) is 14.5. The van der Waals surface area contributed by atoms with Crippen molar-refractivity contribution in [3.63, 3.8) is 0 Å². The van der Waals surface area contributed by atoms with Crippen LogP contribution < -0.4 is 5.32 Å². The molecule has 136 valence electrons. The van der Waals surface area contributed by atoms with Crippen LogP contribution in [0.1, 0.15) is 51.9 Å². The van der Waals surface area contributed by atoms with Crippen LogP contribution in [0.5, 0.6) is 0 Å². The third-order valence-electron chi connectivity index (χ3n) is 5.04. The predicted molar refractivity (Wildman–Crippen MR) is 87.3 cm³/mol. The quantitative estimate of drug-likeness (QED) is 0.725. The van der Waals surface area contributed by atoms with Gasteiger partial charge in [0.2, 0.25) is 11.8 Å². The van der Waals surface area contributed by atoms with Crippen LogP contribution in [0, 0.1) is 5.92 Å². The average molecular weight is 340 g/mol. The highest BCUT2D eigenvalue weighted by Gasteiger charge is 2.37. The second kappa shape index (κ2) is 8.46. The molecule has 3 atom stereocenters. The highest BCUT2D eigenvalue weighted by atomic mass is 16.5. The maximum absolute atomic E-state index is 12.5. The van der Waals surface area contributed by atoms with E-state index in [-0.39, 0.29) is 48.8 Å². The van der Waals surface area contributed by atoms with Gasteiger partial charge in [0.15, 0.2) is 0 Å². The molecule has 0 bridgehead atoms. The largest absolute Gasteiger partial charge is 0.481 e. The molecule has 7 nitrogen and oxygen atoms in total. The molecule has 1 aliphatic heterocycles. The summed E-state index contributed by atoms with van der Waals surface area (Å²) in [7, 11) is 1.57. The van der Waals surface area contributed by atoms with E-state index in [1.165, 1.54) is 0 Å². The van der Waals surface area contributed by atoms with E-state index in [2.05, 4.69) is 5.32 Å². The summed E-state index contributed by atoms with van der Waals surface area (Å²) in [5.41, 5.74) is 0. The minimum atomic E-state index is -0.919. The molecule has 3 unspecified atom stereocenters. The van der Waals surface area contributed by atoms with Gasteiger partial charge in [0, 0.05) is 38.1 Å². The Morgan fingerprint density at radius 2 is 1.96 bits per heavy atom. The molecular formula is C17H28N2O5. The van der Waals surface area contributed by atoms with E-state index >= 15 is 0 Å². The summed E-state index contributed by atoms with van der Waals surface area (Å²) in [5.74, 6) is -0.935. The van der Waals surface area contributed by atoms with E-state index < -0.39 is 5.97 Å². The maximum atomic E-state index is 12.5. The summed E-state index contributed by atoms with van der Waals surface area (Å²) < 4.78 is 5.28. The Balaban J connectivity index is 1.86. The van der Waals surface area contributed by atoms with Gasteiger partial charge in [0.1, 0.15) is 0 Å². The fraction of sp³-hybridized carbons (Fsp3) is 0.824. The van der Waals surface area contributed by atoms with Crippen molar-refractivity contribution in [3.8, 4) is 0 Å². The Bertz CT molecular complexity index is 476. The van der Waals surface area contributed by atoms with Crippen molar-refractivity contribution in [3.05, 3.63) is 0 Å². The van der Waals surface area contributed by atoms with Crippen LogP contribution in [0.25, 0.3) is 0 Å². The first-order chi connectivity index (χ1) is 11.4. The van der Waals surface area contributed by atoms with Crippen LogP contribution >= 0.6 is 0 Å². The highest BCUT2D eigenvalue weighted by molar-refractivity contribution is 5.82. The van der Waals surface area contributed by atoms with E-state index in [9.17, 15) is 14.4 Å². The second-order valence-corrected chi connectivity index (χ2v) is 6.99. The second-order valence-electron chi connectivity index (χ2n) is 6.99. The summed E-state index contributed by atoms with van der Waals surface area (Å²) in [6, 6.07) is -0.588. The lowest BCUT2D eigenvalue weighted by Gasteiger charge is -2.25. The normalized spacial score (nSPS) is 25.7. The molecule has 2 amide bonds. The van der Waals surface area contributed by atoms with Gasteiger partial charge in [-0.3, -0.25) is 14.4 Å². The molecule has 0 aromatic carbocycles. The third-order valence-corrected chi connectivity index (χ3v) is 5.04. The smallest absolute Gasteiger partial charge is 0.305 e. The molecule has 7 heteroatoms. The summed E-state index contributed by atoms with van der Waals surface area (Å²) in [6.45, 7) is 2.23. The van der Waals surface area contributed by atoms with E-state index in [1.54, 1.807) is 12.0 Å². The van der Waals surface area contributed by atoms with E-state index in [0.29, 0.717) is 13.0 Å². The maximum Gasteiger partial charge on any atom is 0.305 e. The fourth-order valence-electron chi connectivity index (χ4n) is 3.72. The number of carbonyl (C=O) groups is 3. The molecule has 0 aromatic heterocycles. The Kier molecular flexibility index (Phi) is 6.60. The van der Waals surface area contributed by atoms with Gasteiger partial charge in [-0.1, -0.05) is 12.8 Å². The van der Waals surface area contributed by atoms with Gasteiger partial charge in [-0.25, -0.2) is 0 Å². The van der Waals surface area contributed by atoms with Gasteiger partial charge in [0.05, 0.1) is 12.5 Å². The number of rotatable bonds is 7. The van der Waals surface area contributed by atoms with Gasteiger partial charge in [0.25, 0.3) is 0 Å². The van der Waals surface area contributed by atoms with Gasteiger partial charge in [-0.2, -0.15) is 0 Å². The number of likely N-dealkylation sites (tertiary alicyclic amines) is 1. The number of amides is 2. The molecule has 2 N–H and O–H groups in total. The molecule has 1 aliphatic carbocycles. The number of hydrogen-bond donors (Lipinski definition) is 2. The third kappa shape index (κ3) is 4.93. The van der Waals surface area contributed by atoms with Crippen molar-refractivity contribution < 1.29 is 24.2 Å². The summed E-state index contributed by atoms with van der Waals surface area (Å²) in [5, 5.41) is 11.9. The molecule has 1 saturated heterocycles. The molecule has 1 saturated carbocycles. The average Bonchev–Trinajstić information content (AvgIpc) is 3.15. The number of carbonyl (C=O) groups excluding carboxylic acids is 2. The molecule has 2 fully saturated rings. The Labute approximate surface area is 142 Å².